The van der Waals surface area contributed by atoms with Crippen LogP contribution in [0.3, 0.4) is 0 Å². The number of aryl methyl sites for hydroxylation is 2. The van der Waals surface area contributed by atoms with Gasteiger partial charge in [-0.3, -0.25) is 0 Å². The van der Waals surface area contributed by atoms with Crippen LogP contribution in [0.1, 0.15) is 24.0 Å². The maximum Gasteiger partial charge on any atom is 0.209 e. The predicted octanol–water partition coefficient (Wildman–Crippen LogP) is 3.64. The lowest BCUT2D eigenvalue weighted by Gasteiger charge is -2.36. The zero-order valence-corrected chi connectivity index (χ0v) is 12.0. The van der Waals surface area contributed by atoms with Crippen LogP contribution in [0.25, 0.3) is 0 Å². The van der Waals surface area contributed by atoms with Gasteiger partial charge in [0, 0.05) is 11.4 Å². The lowest BCUT2D eigenvalue weighted by Crippen LogP contribution is -2.42. The summed E-state index contributed by atoms with van der Waals surface area (Å²) in [6.07, 6.45) is 4.89. The Bertz CT molecular complexity index is 634. The minimum Gasteiger partial charge on any atom is -0.336 e. The molecule has 1 saturated heterocycles. The topological polar surface area (TPSA) is 6.48 Å². The van der Waals surface area contributed by atoms with E-state index in [0.717, 1.165) is 0 Å². The van der Waals surface area contributed by atoms with Gasteiger partial charge in [-0.2, -0.15) is 0 Å². The second-order valence-electron chi connectivity index (χ2n) is 6.31. The summed E-state index contributed by atoms with van der Waals surface area (Å²) in [5.74, 6) is 0. The van der Waals surface area contributed by atoms with Gasteiger partial charge in [0.1, 0.15) is 0 Å². The van der Waals surface area contributed by atoms with Crippen molar-refractivity contribution >= 4 is 11.4 Å². The standard InChI is InChI=1S/C19H18N2/c1-3-7-16-14(5-1)9-11-18-19-12-10-15-6-2-4-8-17(15)21(19)13-20(16)18/h1-8,18-19H,9-12H2/t18-,19+. The molecule has 0 saturated carbocycles. The van der Waals surface area contributed by atoms with Crippen LogP contribution in [0.2, 0.25) is 0 Å². The minimum atomic E-state index is 0.591. The SMILES string of the molecule is [C]1N2c3ccccc3CC[C@@H]2[C@@H]2CCc3ccccc3N12. The number of hydrogen-bond acceptors (Lipinski definition) is 2. The molecule has 0 unspecified atom stereocenters. The first-order valence-electron chi connectivity index (χ1n) is 7.92. The molecule has 3 heterocycles. The van der Waals surface area contributed by atoms with Crippen LogP contribution in [0.5, 0.6) is 0 Å². The first-order chi connectivity index (χ1) is 10.4. The molecule has 104 valence electrons. The summed E-state index contributed by atoms with van der Waals surface area (Å²) in [4.78, 5) is 4.82. The van der Waals surface area contributed by atoms with Crippen LogP contribution in [0, 0.1) is 6.67 Å². The van der Waals surface area contributed by atoms with Crippen molar-refractivity contribution in [2.45, 2.75) is 37.8 Å². The van der Waals surface area contributed by atoms with E-state index >= 15 is 0 Å². The Kier molecular flexibility index (Phi) is 2.37. The summed E-state index contributed by atoms with van der Waals surface area (Å²) in [7, 11) is 0. The first kappa shape index (κ1) is 11.7. The third kappa shape index (κ3) is 1.59. The van der Waals surface area contributed by atoms with Gasteiger partial charge in [0.25, 0.3) is 0 Å². The second-order valence-corrected chi connectivity index (χ2v) is 6.31. The molecular formula is C19H18N2. The van der Waals surface area contributed by atoms with Gasteiger partial charge < -0.3 is 9.80 Å². The minimum absolute atomic E-state index is 0.591. The number of nitrogens with zero attached hydrogens (tertiary/aromatic N) is 2. The van der Waals surface area contributed by atoms with Gasteiger partial charge >= 0.3 is 0 Å². The quantitative estimate of drug-likeness (QED) is 0.723. The Morgan fingerprint density at radius 1 is 0.714 bits per heavy atom. The van der Waals surface area contributed by atoms with E-state index in [-0.39, 0.29) is 0 Å². The van der Waals surface area contributed by atoms with Gasteiger partial charge in [0.15, 0.2) is 0 Å². The van der Waals surface area contributed by atoms with Gasteiger partial charge in [-0.15, -0.1) is 0 Å². The number of anilines is 2. The highest BCUT2D eigenvalue weighted by Crippen LogP contribution is 2.45. The lowest BCUT2D eigenvalue weighted by molar-refractivity contribution is 0.480. The zero-order valence-electron chi connectivity index (χ0n) is 12.0. The van der Waals surface area contributed by atoms with E-state index < -0.39 is 0 Å². The second kappa shape index (κ2) is 4.27. The van der Waals surface area contributed by atoms with Crippen molar-refractivity contribution in [2.75, 3.05) is 9.80 Å². The molecule has 0 amide bonds. The molecule has 0 spiro atoms. The van der Waals surface area contributed by atoms with E-state index in [0.29, 0.717) is 12.1 Å². The Morgan fingerprint density at radius 2 is 1.19 bits per heavy atom. The number of rotatable bonds is 0. The number of para-hydroxylation sites is 2. The highest BCUT2D eigenvalue weighted by Gasteiger charge is 2.45. The van der Waals surface area contributed by atoms with Gasteiger partial charge in [-0.05, 0) is 48.9 Å². The van der Waals surface area contributed by atoms with Crippen molar-refractivity contribution in [3.05, 3.63) is 66.3 Å². The summed E-state index contributed by atoms with van der Waals surface area (Å²) < 4.78 is 0. The normalized spacial score (nSPS) is 25.9. The molecule has 0 aliphatic carbocycles. The van der Waals surface area contributed by atoms with Crippen molar-refractivity contribution in [2.24, 2.45) is 0 Å². The van der Waals surface area contributed by atoms with Gasteiger partial charge in [-0.25, -0.2) is 0 Å². The van der Waals surface area contributed by atoms with E-state index in [1.54, 1.807) is 0 Å². The maximum absolute atomic E-state index is 3.67. The summed E-state index contributed by atoms with van der Waals surface area (Å²) in [5, 5.41) is 0. The smallest absolute Gasteiger partial charge is 0.209 e. The fourth-order valence-corrected chi connectivity index (χ4v) is 4.24. The predicted molar refractivity (Wildman–Crippen MR) is 85.3 cm³/mol. The van der Waals surface area contributed by atoms with Crippen LogP contribution < -0.4 is 9.80 Å². The van der Waals surface area contributed by atoms with Crippen LogP contribution in [-0.4, -0.2) is 12.1 Å². The van der Waals surface area contributed by atoms with E-state index in [1.807, 2.05) is 0 Å². The molecule has 3 aliphatic heterocycles. The Morgan fingerprint density at radius 3 is 1.71 bits per heavy atom. The largest absolute Gasteiger partial charge is 0.336 e. The van der Waals surface area contributed by atoms with E-state index in [1.165, 1.54) is 48.2 Å². The van der Waals surface area contributed by atoms with Crippen LogP contribution in [0.4, 0.5) is 11.4 Å². The summed E-state index contributed by atoms with van der Waals surface area (Å²) in [5.41, 5.74) is 5.66. The third-order valence-corrected chi connectivity index (χ3v) is 5.24. The molecular weight excluding hydrogens is 256 g/mol. The molecule has 0 bridgehead atoms. The fourth-order valence-electron chi connectivity index (χ4n) is 4.24. The summed E-state index contributed by atoms with van der Waals surface area (Å²) in [6.45, 7) is 3.67. The molecule has 2 aromatic rings. The molecule has 3 aliphatic rings. The fraction of sp³-hybridized carbons (Fsp3) is 0.316. The third-order valence-electron chi connectivity index (χ3n) is 5.24. The monoisotopic (exact) mass is 274 g/mol. The molecule has 2 nitrogen and oxygen atoms in total. The molecule has 2 atom stereocenters. The number of hydrogen-bond donors (Lipinski definition) is 0. The highest BCUT2D eigenvalue weighted by atomic mass is 15.4. The van der Waals surface area contributed by atoms with Crippen LogP contribution >= 0.6 is 0 Å². The average molecular weight is 274 g/mol. The molecule has 21 heavy (non-hydrogen) atoms. The molecule has 2 radical (unpaired) electrons. The van der Waals surface area contributed by atoms with Crippen molar-refractivity contribution < 1.29 is 0 Å². The van der Waals surface area contributed by atoms with Gasteiger partial charge in [0.05, 0.1) is 12.1 Å². The molecule has 2 aromatic carbocycles. The van der Waals surface area contributed by atoms with Gasteiger partial charge in [0.2, 0.25) is 6.67 Å². The number of fused-ring (bicyclic) bond motifs is 7. The van der Waals surface area contributed by atoms with Crippen molar-refractivity contribution in [1.82, 2.24) is 0 Å². The number of benzene rings is 2. The van der Waals surface area contributed by atoms with Crippen LogP contribution in [0.15, 0.2) is 48.5 Å². The summed E-state index contributed by atoms with van der Waals surface area (Å²) in [6, 6.07) is 18.8. The molecule has 2 heteroatoms. The van der Waals surface area contributed by atoms with Crippen molar-refractivity contribution in [3.63, 3.8) is 0 Å². The Balaban J connectivity index is 1.58. The Labute approximate surface area is 126 Å². The maximum atomic E-state index is 3.67. The molecule has 1 fully saturated rings. The van der Waals surface area contributed by atoms with E-state index in [9.17, 15) is 0 Å². The van der Waals surface area contributed by atoms with E-state index in [2.05, 4.69) is 65.0 Å². The van der Waals surface area contributed by atoms with Crippen molar-refractivity contribution in [1.29, 1.82) is 0 Å². The zero-order chi connectivity index (χ0) is 13.8. The molecule has 5 rings (SSSR count). The first-order valence-corrected chi connectivity index (χ1v) is 7.92. The Hall–Kier alpha value is -1.96. The average Bonchev–Trinajstić information content (AvgIpc) is 2.94. The van der Waals surface area contributed by atoms with Gasteiger partial charge in [-0.1, -0.05) is 36.4 Å². The van der Waals surface area contributed by atoms with E-state index in [4.69, 9.17) is 0 Å². The molecule has 0 N–H and O–H groups in total. The van der Waals surface area contributed by atoms with Crippen molar-refractivity contribution in [3.8, 4) is 0 Å². The summed E-state index contributed by atoms with van der Waals surface area (Å²) >= 11 is 0. The lowest BCUT2D eigenvalue weighted by atomic mass is 9.88. The van der Waals surface area contributed by atoms with Crippen LogP contribution in [-0.2, 0) is 12.8 Å². The highest BCUT2D eigenvalue weighted by molar-refractivity contribution is 5.68. The molecule has 0 aromatic heterocycles.